The fourth-order valence-corrected chi connectivity index (χ4v) is 6.21. The van der Waals surface area contributed by atoms with Crippen LogP contribution >= 0.6 is 0 Å². The summed E-state index contributed by atoms with van der Waals surface area (Å²) in [7, 11) is 0. The summed E-state index contributed by atoms with van der Waals surface area (Å²) in [5, 5.41) is 0. The predicted molar refractivity (Wildman–Crippen MR) is 103 cm³/mol. The van der Waals surface area contributed by atoms with Gasteiger partial charge >= 0.3 is 5.97 Å². The lowest BCUT2D eigenvalue weighted by atomic mass is 9.47. The Hall–Kier alpha value is -0.530. The quantitative estimate of drug-likeness (QED) is 0.362. The van der Waals surface area contributed by atoms with Crippen molar-refractivity contribution in [2.24, 2.45) is 22.7 Å². The Bertz CT molecular complexity index is 409. The Morgan fingerprint density at radius 3 is 2.04 bits per heavy atom. The molecule has 4 rings (SSSR count). The summed E-state index contributed by atoms with van der Waals surface area (Å²) in [6.45, 7) is 5.10. The fourth-order valence-electron chi connectivity index (χ4n) is 6.21. The lowest BCUT2D eigenvalue weighted by Gasteiger charge is -2.58. The number of rotatable bonds is 8. The van der Waals surface area contributed by atoms with Gasteiger partial charge in [0.25, 0.3) is 0 Å². The second-order valence-corrected chi connectivity index (χ2v) is 9.54. The Morgan fingerprint density at radius 2 is 1.48 bits per heavy atom. The number of esters is 1. The van der Waals surface area contributed by atoms with E-state index in [0.717, 1.165) is 37.0 Å². The molecule has 0 heterocycles. The molecule has 0 spiro atoms. The zero-order valence-corrected chi connectivity index (χ0v) is 16.8. The highest BCUT2D eigenvalue weighted by molar-refractivity contribution is 5.72. The number of hydrogen-bond donors (Lipinski definition) is 0. The van der Waals surface area contributed by atoms with E-state index in [4.69, 9.17) is 4.74 Å². The van der Waals surface area contributed by atoms with Gasteiger partial charge in [0.15, 0.2) is 0 Å². The predicted octanol–water partition coefficient (Wildman–Crippen LogP) is 6.67. The van der Waals surface area contributed by atoms with Crippen LogP contribution in [0.15, 0.2) is 0 Å². The maximum absolute atomic E-state index is 12.2. The van der Waals surface area contributed by atoms with Crippen molar-refractivity contribution in [3.05, 3.63) is 0 Å². The van der Waals surface area contributed by atoms with Crippen LogP contribution in [0.3, 0.4) is 0 Å². The summed E-state index contributed by atoms with van der Waals surface area (Å²) >= 11 is 0. The molecule has 4 saturated carbocycles. The highest BCUT2D eigenvalue weighted by Gasteiger charge is 2.51. The molecule has 0 aromatic carbocycles. The molecular weight excluding hydrogens is 308 g/mol. The molecule has 4 aliphatic rings. The van der Waals surface area contributed by atoms with Crippen LogP contribution in [0.1, 0.15) is 110 Å². The SMILES string of the molecule is CCCCOC(=O)C1CCC(C23CCC(CCCC)(CC2)CC3)CC1. The van der Waals surface area contributed by atoms with Crippen molar-refractivity contribution in [1.82, 2.24) is 0 Å². The third-order valence-corrected chi connectivity index (χ3v) is 8.19. The molecule has 4 fully saturated rings. The molecule has 0 unspecified atom stereocenters. The monoisotopic (exact) mass is 348 g/mol. The van der Waals surface area contributed by atoms with Gasteiger partial charge in [0.2, 0.25) is 0 Å². The topological polar surface area (TPSA) is 26.3 Å². The van der Waals surface area contributed by atoms with Crippen molar-refractivity contribution >= 4 is 5.97 Å². The highest BCUT2D eigenvalue weighted by Crippen LogP contribution is 2.63. The van der Waals surface area contributed by atoms with E-state index in [1.807, 2.05) is 0 Å². The number of carbonyl (C=O) groups excluding carboxylic acids is 1. The van der Waals surface area contributed by atoms with Gasteiger partial charge in [0, 0.05) is 0 Å². The van der Waals surface area contributed by atoms with Crippen molar-refractivity contribution in [3.8, 4) is 0 Å². The smallest absolute Gasteiger partial charge is 0.308 e. The molecule has 2 bridgehead atoms. The average molecular weight is 349 g/mol. The van der Waals surface area contributed by atoms with Gasteiger partial charge in [-0.2, -0.15) is 0 Å². The molecule has 0 radical (unpaired) electrons. The minimum atomic E-state index is 0.0928. The minimum absolute atomic E-state index is 0.0928. The van der Waals surface area contributed by atoms with Crippen LogP contribution in [0.5, 0.6) is 0 Å². The lowest BCUT2D eigenvalue weighted by Crippen LogP contribution is -2.46. The summed E-state index contributed by atoms with van der Waals surface area (Å²) in [5.74, 6) is 1.17. The van der Waals surface area contributed by atoms with Gasteiger partial charge in [0.05, 0.1) is 12.5 Å². The van der Waals surface area contributed by atoms with Gasteiger partial charge in [-0.1, -0.05) is 33.1 Å². The third kappa shape index (κ3) is 4.25. The van der Waals surface area contributed by atoms with E-state index in [0.29, 0.717) is 12.0 Å². The van der Waals surface area contributed by atoms with Crippen molar-refractivity contribution in [1.29, 1.82) is 0 Å². The van der Waals surface area contributed by atoms with E-state index in [-0.39, 0.29) is 11.9 Å². The van der Waals surface area contributed by atoms with E-state index < -0.39 is 0 Å². The van der Waals surface area contributed by atoms with Crippen LogP contribution < -0.4 is 0 Å². The molecule has 2 heteroatoms. The summed E-state index contributed by atoms with van der Waals surface area (Å²) in [6, 6.07) is 0. The Balaban J connectivity index is 1.47. The molecule has 144 valence electrons. The molecule has 0 aliphatic heterocycles. The largest absolute Gasteiger partial charge is 0.465 e. The van der Waals surface area contributed by atoms with E-state index >= 15 is 0 Å². The van der Waals surface area contributed by atoms with Gasteiger partial charge in [-0.15, -0.1) is 0 Å². The first-order valence-electron chi connectivity index (χ1n) is 11.3. The molecule has 0 saturated heterocycles. The van der Waals surface area contributed by atoms with E-state index in [9.17, 15) is 4.79 Å². The van der Waals surface area contributed by atoms with Crippen LogP contribution in [-0.4, -0.2) is 12.6 Å². The zero-order chi connectivity index (χ0) is 17.8. The van der Waals surface area contributed by atoms with Crippen LogP contribution in [0.2, 0.25) is 0 Å². The molecular formula is C23H40O2. The van der Waals surface area contributed by atoms with Crippen molar-refractivity contribution in [2.45, 2.75) is 110 Å². The third-order valence-electron chi connectivity index (χ3n) is 8.19. The Labute approximate surface area is 155 Å². The van der Waals surface area contributed by atoms with Crippen molar-refractivity contribution < 1.29 is 9.53 Å². The van der Waals surface area contributed by atoms with Gasteiger partial charge in [-0.25, -0.2) is 0 Å². The van der Waals surface area contributed by atoms with Gasteiger partial charge in [-0.3, -0.25) is 4.79 Å². The number of fused-ring (bicyclic) bond motifs is 3. The number of unbranched alkanes of at least 4 members (excludes halogenated alkanes) is 2. The first-order chi connectivity index (χ1) is 12.1. The molecule has 4 aliphatic carbocycles. The molecule has 0 atom stereocenters. The van der Waals surface area contributed by atoms with Gasteiger partial charge < -0.3 is 4.74 Å². The van der Waals surface area contributed by atoms with Crippen molar-refractivity contribution in [3.63, 3.8) is 0 Å². The molecule has 2 nitrogen and oxygen atoms in total. The fraction of sp³-hybridized carbons (Fsp3) is 0.957. The first kappa shape index (κ1) is 19.2. The second kappa shape index (κ2) is 8.44. The maximum atomic E-state index is 12.2. The maximum Gasteiger partial charge on any atom is 0.308 e. The molecule has 0 amide bonds. The van der Waals surface area contributed by atoms with Crippen LogP contribution in [-0.2, 0) is 9.53 Å². The number of carbonyl (C=O) groups is 1. The second-order valence-electron chi connectivity index (χ2n) is 9.54. The molecule has 0 aromatic heterocycles. The summed E-state index contributed by atoms with van der Waals surface area (Å²) in [4.78, 5) is 12.2. The zero-order valence-electron chi connectivity index (χ0n) is 16.8. The lowest BCUT2D eigenvalue weighted by molar-refractivity contribution is -0.151. The number of hydrogen-bond acceptors (Lipinski definition) is 2. The van der Waals surface area contributed by atoms with Gasteiger partial charge in [-0.05, 0) is 93.8 Å². The Morgan fingerprint density at radius 1 is 0.880 bits per heavy atom. The number of ether oxygens (including phenoxy) is 1. The van der Waals surface area contributed by atoms with E-state index in [1.54, 1.807) is 0 Å². The molecule has 25 heavy (non-hydrogen) atoms. The van der Waals surface area contributed by atoms with Crippen LogP contribution in [0, 0.1) is 22.7 Å². The van der Waals surface area contributed by atoms with E-state index in [1.165, 1.54) is 70.6 Å². The van der Waals surface area contributed by atoms with Crippen LogP contribution in [0.25, 0.3) is 0 Å². The van der Waals surface area contributed by atoms with Crippen LogP contribution in [0.4, 0.5) is 0 Å². The van der Waals surface area contributed by atoms with Gasteiger partial charge in [0.1, 0.15) is 0 Å². The average Bonchev–Trinajstić information content (AvgIpc) is 2.68. The Kier molecular flexibility index (Phi) is 6.49. The van der Waals surface area contributed by atoms with E-state index in [2.05, 4.69) is 13.8 Å². The first-order valence-corrected chi connectivity index (χ1v) is 11.3. The summed E-state index contributed by atoms with van der Waals surface area (Å²) < 4.78 is 5.47. The molecule has 0 aromatic rings. The highest BCUT2D eigenvalue weighted by atomic mass is 16.5. The summed E-state index contributed by atoms with van der Waals surface area (Å²) in [5.41, 5.74) is 1.36. The van der Waals surface area contributed by atoms with Crippen molar-refractivity contribution in [2.75, 3.05) is 6.61 Å². The summed E-state index contributed by atoms with van der Waals surface area (Å²) in [6.07, 6.45) is 20.0. The standard InChI is InChI=1S/C23H40O2/c1-3-5-11-22-12-15-23(16-13-22,17-14-22)20-9-7-19(8-10-20)21(24)25-18-6-4-2/h19-20H,3-18H2,1-2H3. The normalized spacial score (nSPS) is 37.8. The molecule has 0 N–H and O–H groups in total. The minimum Gasteiger partial charge on any atom is -0.465 e.